The third-order valence-corrected chi connectivity index (χ3v) is 4.62. The van der Waals surface area contributed by atoms with Crippen LogP contribution in [-0.4, -0.2) is 11.2 Å². The second-order valence-corrected chi connectivity index (χ2v) is 7.03. The van der Waals surface area contributed by atoms with Crippen LogP contribution in [0.15, 0.2) is 59.0 Å². The molecular formula is C19H18ClN3S. The summed E-state index contributed by atoms with van der Waals surface area (Å²) in [6, 6.07) is 16.1. The summed E-state index contributed by atoms with van der Waals surface area (Å²) >= 11 is 7.43. The van der Waals surface area contributed by atoms with Gasteiger partial charge < -0.3 is 0 Å². The first-order chi connectivity index (χ1) is 11.6. The Morgan fingerprint density at radius 2 is 1.79 bits per heavy atom. The van der Waals surface area contributed by atoms with Crippen molar-refractivity contribution < 1.29 is 0 Å². The van der Waals surface area contributed by atoms with Gasteiger partial charge in [-0.15, -0.1) is 11.3 Å². The zero-order valence-corrected chi connectivity index (χ0v) is 15.1. The highest BCUT2D eigenvalue weighted by molar-refractivity contribution is 7.14. The van der Waals surface area contributed by atoms with Crippen molar-refractivity contribution in [3.63, 3.8) is 0 Å². The number of hydrazone groups is 1. The number of nitrogens with zero attached hydrogens (tertiary/aromatic N) is 2. The summed E-state index contributed by atoms with van der Waals surface area (Å²) in [4.78, 5) is 4.53. The quantitative estimate of drug-likeness (QED) is 0.448. The third-order valence-electron chi connectivity index (χ3n) is 3.62. The Morgan fingerprint density at radius 1 is 1.08 bits per heavy atom. The van der Waals surface area contributed by atoms with Crippen LogP contribution < -0.4 is 5.43 Å². The van der Waals surface area contributed by atoms with E-state index in [1.807, 2.05) is 29.6 Å². The van der Waals surface area contributed by atoms with E-state index in [0.717, 1.165) is 27.0 Å². The fraction of sp³-hybridized carbons (Fsp3) is 0.158. The fourth-order valence-corrected chi connectivity index (χ4v) is 3.00. The Kier molecular flexibility index (Phi) is 5.28. The van der Waals surface area contributed by atoms with Crippen LogP contribution in [0.4, 0.5) is 5.13 Å². The molecule has 0 atom stereocenters. The van der Waals surface area contributed by atoms with Crippen LogP contribution in [0.1, 0.15) is 30.9 Å². The molecule has 122 valence electrons. The average Bonchev–Trinajstić information content (AvgIpc) is 3.05. The number of thiazole rings is 1. The Balaban J connectivity index is 1.63. The first kappa shape index (κ1) is 16.7. The van der Waals surface area contributed by atoms with E-state index in [2.05, 4.69) is 53.6 Å². The monoisotopic (exact) mass is 355 g/mol. The normalized spacial score (nSPS) is 11.3. The summed E-state index contributed by atoms with van der Waals surface area (Å²) in [6.07, 6.45) is 1.80. The minimum atomic E-state index is 0.538. The van der Waals surface area contributed by atoms with Crippen LogP contribution in [0.2, 0.25) is 5.02 Å². The highest BCUT2D eigenvalue weighted by Crippen LogP contribution is 2.25. The SMILES string of the molecule is CC(C)c1ccc(C=NNc2nc(-c3ccc(Cl)cc3)cs2)cc1. The van der Waals surface area contributed by atoms with Crippen molar-refractivity contribution in [2.75, 3.05) is 5.43 Å². The summed E-state index contributed by atoms with van der Waals surface area (Å²) < 4.78 is 0. The highest BCUT2D eigenvalue weighted by atomic mass is 35.5. The number of rotatable bonds is 5. The minimum absolute atomic E-state index is 0.538. The molecule has 3 aromatic rings. The van der Waals surface area contributed by atoms with E-state index in [1.54, 1.807) is 6.21 Å². The molecule has 0 saturated carbocycles. The van der Waals surface area contributed by atoms with Crippen LogP contribution in [-0.2, 0) is 0 Å². The number of halogens is 1. The molecule has 0 saturated heterocycles. The topological polar surface area (TPSA) is 37.3 Å². The molecule has 3 nitrogen and oxygen atoms in total. The van der Waals surface area contributed by atoms with E-state index >= 15 is 0 Å². The van der Waals surface area contributed by atoms with Gasteiger partial charge in [-0.1, -0.05) is 61.8 Å². The minimum Gasteiger partial charge on any atom is -0.253 e. The second-order valence-electron chi connectivity index (χ2n) is 5.74. The lowest BCUT2D eigenvalue weighted by Crippen LogP contribution is -1.91. The maximum Gasteiger partial charge on any atom is 0.203 e. The number of aromatic nitrogens is 1. The lowest BCUT2D eigenvalue weighted by atomic mass is 10.0. The van der Waals surface area contributed by atoms with Gasteiger partial charge in [0.15, 0.2) is 0 Å². The van der Waals surface area contributed by atoms with Crippen molar-refractivity contribution in [3.05, 3.63) is 70.1 Å². The number of benzene rings is 2. The summed E-state index contributed by atoms with van der Waals surface area (Å²) in [7, 11) is 0. The molecule has 0 aliphatic carbocycles. The molecule has 0 aliphatic rings. The molecule has 1 aromatic heterocycles. The zero-order chi connectivity index (χ0) is 16.9. The molecule has 0 fully saturated rings. The standard InChI is InChI=1S/C19H18ClN3S/c1-13(2)15-5-3-14(4-6-15)11-21-23-19-22-18(12-24-19)16-7-9-17(20)10-8-16/h3-13H,1-2H3,(H,22,23). The molecule has 5 heteroatoms. The van der Waals surface area contributed by atoms with Crippen LogP contribution in [0.3, 0.4) is 0 Å². The molecule has 24 heavy (non-hydrogen) atoms. The van der Waals surface area contributed by atoms with Gasteiger partial charge in [-0.05, 0) is 29.2 Å². The van der Waals surface area contributed by atoms with Crippen molar-refractivity contribution in [2.24, 2.45) is 5.10 Å². The van der Waals surface area contributed by atoms with Crippen molar-refractivity contribution >= 4 is 34.3 Å². The lowest BCUT2D eigenvalue weighted by molar-refractivity contribution is 0.866. The molecule has 0 aliphatic heterocycles. The first-order valence-corrected chi connectivity index (χ1v) is 8.98. The number of hydrogen-bond donors (Lipinski definition) is 1. The van der Waals surface area contributed by atoms with Crippen molar-refractivity contribution in [2.45, 2.75) is 19.8 Å². The van der Waals surface area contributed by atoms with Crippen LogP contribution in [0.5, 0.6) is 0 Å². The Hall–Kier alpha value is -2.17. The van der Waals surface area contributed by atoms with Crippen molar-refractivity contribution in [1.29, 1.82) is 0 Å². The van der Waals surface area contributed by atoms with Gasteiger partial charge in [0.25, 0.3) is 0 Å². The number of nitrogens with one attached hydrogen (secondary N) is 1. The predicted octanol–water partition coefficient (Wildman–Crippen LogP) is 6.03. The van der Waals surface area contributed by atoms with Gasteiger partial charge in [0.1, 0.15) is 0 Å². The Bertz CT molecular complexity index is 821. The maximum absolute atomic E-state index is 5.91. The maximum atomic E-state index is 5.91. The first-order valence-electron chi connectivity index (χ1n) is 7.72. The van der Waals surface area contributed by atoms with Gasteiger partial charge >= 0.3 is 0 Å². The molecule has 1 N–H and O–H groups in total. The molecule has 1 heterocycles. The Morgan fingerprint density at radius 3 is 2.46 bits per heavy atom. The second kappa shape index (κ2) is 7.60. The van der Waals surface area contributed by atoms with E-state index in [0.29, 0.717) is 5.92 Å². The largest absolute Gasteiger partial charge is 0.253 e. The van der Waals surface area contributed by atoms with Gasteiger partial charge in [-0.2, -0.15) is 5.10 Å². The number of hydrogen-bond acceptors (Lipinski definition) is 4. The zero-order valence-electron chi connectivity index (χ0n) is 13.5. The predicted molar refractivity (Wildman–Crippen MR) is 104 cm³/mol. The van der Waals surface area contributed by atoms with Crippen molar-refractivity contribution in [3.8, 4) is 11.3 Å². The van der Waals surface area contributed by atoms with Crippen LogP contribution >= 0.6 is 22.9 Å². The molecule has 0 bridgehead atoms. The summed E-state index contributed by atoms with van der Waals surface area (Å²) in [5.74, 6) is 0.538. The average molecular weight is 356 g/mol. The van der Waals surface area contributed by atoms with Gasteiger partial charge in [0.05, 0.1) is 11.9 Å². The molecule has 0 amide bonds. The number of anilines is 1. The van der Waals surface area contributed by atoms with Crippen LogP contribution in [0, 0.1) is 0 Å². The summed E-state index contributed by atoms with van der Waals surface area (Å²) in [5.41, 5.74) is 7.32. The van der Waals surface area contributed by atoms with E-state index in [1.165, 1.54) is 16.9 Å². The van der Waals surface area contributed by atoms with E-state index in [9.17, 15) is 0 Å². The lowest BCUT2D eigenvalue weighted by Gasteiger charge is -2.04. The molecule has 0 unspecified atom stereocenters. The van der Waals surface area contributed by atoms with E-state index < -0.39 is 0 Å². The van der Waals surface area contributed by atoms with Crippen LogP contribution in [0.25, 0.3) is 11.3 Å². The van der Waals surface area contributed by atoms with Gasteiger partial charge in [0.2, 0.25) is 5.13 Å². The smallest absolute Gasteiger partial charge is 0.203 e. The van der Waals surface area contributed by atoms with Gasteiger partial charge in [-0.3, -0.25) is 5.43 Å². The van der Waals surface area contributed by atoms with Gasteiger partial charge in [-0.25, -0.2) is 4.98 Å². The summed E-state index contributed by atoms with van der Waals surface area (Å²) in [6.45, 7) is 4.37. The fourth-order valence-electron chi connectivity index (χ4n) is 2.21. The van der Waals surface area contributed by atoms with E-state index in [4.69, 9.17) is 11.6 Å². The summed E-state index contributed by atoms with van der Waals surface area (Å²) in [5, 5.41) is 7.74. The molecule has 3 rings (SSSR count). The highest BCUT2D eigenvalue weighted by Gasteiger charge is 2.03. The third kappa shape index (κ3) is 4.22. The molecular weight excluding hydrogens is 338 g/mol. The molecule has 2 aromatic carbocycles. The molecule has 0 spiro atoms. The Labute approximate surface area is 151 Å². The van der Waals surface area contributed by atoms with E-state index in [-0.39, 0.29) is 0 Å². The van der Waals surface area contributed by atoms with Gasteiger partial charge in [0, 0.05) is 16.0 Å². The molecule has 0 radical (unpaired) electrons. The van der Waals surface area contributed by atoms with Crippen molar-refractivity contribution in [1.82, 2.24) is 4.98 Å².